The van der Waals surface area contributed by atoms with Crippen molar-refractivity contribution in [2.45, 2.75) is 38.6 Å². The van der Waals surface area contributed by atoms with Gasteiger partial charge in [0.25, 0.3) is 5.91 Å². The molecule has 1 aromatic carbocycles. The number of carbonyl (C=O) groups excluding carboxylic acids is 3. The highest BCUT2D eigenvalue weighted by Gasteiger charge is 2.32. The first kappa shape index (κ1) is 19.5. The highest BCUT2D eigenvalue weighted by molar-refractivity contribution is 6.35. The molecule has 1 saturated carbocycles. The molecule has 0 saturated heterocycles. The van der Waals surface area contributed by atoms with Crippen molar-refractivity contribution in [2.75, 3.05) is 11.9 Å². The second kappa shape index (κ2) is 9.06. The quantitative estimate of drug-likeness (QED) is 0.735. The van der Waals surface area contributed by atoms with Crippen LogP contribution in [-0.2, 0) is 19.1 Å². The SMILES string of the molecule is CC(=O)NC(C(=O)OCC(=O)Nc1cc(Cl)ccc1Cl)C1CCCC1. The van der Waals surface area contributed by atoms with E-state index >= 15 is 0 Å². The van der Waals surface area contributed by atoms with E-state index in [0.717, 1.165) is 25.7 Å². The number of hydrogen-bond acceptors (Lipinski definition) is 4. The van der Waals surface area contributed by atoms with Gasteiger partial charge in [-0.3, -0.25) is 9.59 Å². The van der Waals surface area contributed by atoms with Crippen molar-refractivity contribution in [3.8, 4) is 0 Å². The summed E-state index contributed by atoms with van der Waals surface area (Å²) in [4.78, 5) is 35.6. The molecule has 1 fully saturated rings. The first-order chi connectivity index (χ1) is 11.9. The summed E-state index contributed by atoms with van der Waals surface area (Å²) in [5.74, 6) is -1.40. The Bertz CT molecular complexity index is 660. The van der Waals surface area contributed by atoms with Gasteiger partial charge in [0.05, 0.1) is 10.7 Å². The minimum absolute atomic E-state index is 0.0434. The van der Waals surface area contributed by atoms with E-state index in [1.54, 1.807) is 12.1 Å². The van der Waals surface area contributed by atoms with Crippen LogP contribution in [0.25, 0.3) is 0 Å². The zero-order valence-corrected chi connectivity index (χ0v) is 15.3. The van der Waals surface area contributed by atoms with Crippen LogP contribution in [0.2, 0.25) is 10.0 Å². The Hall–Kier alpha value is -1.79. The molecule has 0 spiro atoms. The fraction of sp³-hybridized carbons (Fsp3) is 0.471. The van der Waals surface area contributed by atoms with E-state index in [-0.39, 0.29) is 11.8 Å². The molecule has 1 aliphatic carbocycles. The lowest BCUT2D eigenvalue weighted by molar-refractivity contribution is -0.152. The Kier molecular flexibility index (Phi) is 7.08. The Labute approximate surface area is 156 Å². The second-order valence-electron chi connectivity index (χ2n) is 6.00. The topological polar surface area (TPSA) is 84.5 Å². The molecule has 0 bridgehead atoms. The molecule has 0 aromatic heterocycles. The normalized spacial score (nSPS) is 15.5. The fourth-order valence-corrected chi connectivity index (χ4v) is 3.22. The first-order valence-corrected chi connectivity index (χ1v) is 8.81. The zero-order chi connectivity index (χ0) is 18.4. The molecule has 8 heteroatoms. The van der Waals surface area contributed by atoms with Crippen molar-refractivity contribution < 1.29 is 19.1 Å². The Morgan fingerprint density at radius 2 is 1.92 bits per heavy atom. The molecule has 25 heavy (non-hydrogen) atoms. The average molecular weight is 387 g/mol. The summed E-state index contributed by atoms with van der Waals surface area (Å²) in [5, 5.41) is 5.91. The summed E-state index contributed by atoms with van der Waals surface area (Å²) in [6.45, 7) is 0.883. The summed E-state index contributed by atoms with van der Waals surface area (Å²) in [5.41, 5.74) is 0.337. The number of nitrogens with one attached hydrogen (secondary N) is 2. The molecule has 2 rings (SSSR count). The molecule has 1 aliphatic rings. The number of carbonyl (C=O) groups is 3. The van der Waals surface area contributed by atoms with Gasteiger partial charge < -0.3 is 15.4 Å². The maximum absolute atomic E-state index is 12.3. The molecule has 0 heterocycles. The van der Waals surface area contributed by atoms with Crippen molar-refractivity contribution in [3.63, 3.8) is 0 Å². The molecule has 0 aliphatic heterocycles. The summed E-state index contributed by atoms with van der Waals surface area (Å²) in [7, 11) is 0. The second-order valence-corrected chi connectivity index (χ2v) is 6.85. The fourth-order valence-electron chi connectivity index (χ4n) is 2.88. The minimum Gasteiger partial charge on any atom is -0.454 e. The van der Waals surface area contributed by atoms with Crippen LogP contribution >= 0.6 is 23.2 Å². The van der Waals surface area contributed by atoms with Crippen LogP contribution in [-0.4, -0.2) is 30.4 Å². The summed E-state index contributed by atoms with van der Waals surface area (Å²) in [6, 6.07) is 3.93. The standard InChI is InChI=1S/C17H20Cl2N2O4/c1-10(22)20-16(11-4-2-3-5-11)17(24)25-9-15(23)21-14-8-12(18)6-7-13(14)19/h6-8,11,16H,2-5,9H2,1H3,(H,20,22)(H,21,23). The monoisotopic (exact) mass is 386 g/mol. The number of rotatable bonds is 6. The number of ether oxygens (including phenoxy) is 1. The highest BCUT2D eigenvalue weighted by Crippen LogP contribution is 2.28. The molecular formula is C17H20Cl2N2O4. The molecule has 136 valence electrons. The van der Waals surface area contributed by atoms with Crippen molar-refractivity contribution in [2.24, 2.45) is 5.92 Å². The lowest BCUT2D eigenvalue weighted by Gasteiger charge is -2.22. The van der Waals surface area contributed by atoms with Gasteiger partial charge in [0.15, 0.2) is 6.61 Å². The van der Waals surface area contributed by atoms with Gasteiger partial charge in [-0.2, -0.15) is 0 Å². The van der Waals surface area contributed by atoms with Gasteiger partial charge in [-0.05, 0) is 37.0 Å². The summed E-state index contributed by atoms with van der Waals surface area (Å²) >= 11 is 11.8. The lowest BCUT2D eigenvalue weighted by atomic mass is 9.98. The number of anilines is 1. The van der Waals surface area contributed by atoms with Crippen molar-refractivity contribution in [3.05, 3.63) is 28.2 Å². The van der Waals surface area contributed by atoms with Crippen LogP contribution in [0.3, 0.4) is 0 Å². The molecule has 6 nitrogen and oxygen atoms in total. The van der Waals surface area contributed by atoms with E-state index < -0.39 is 24.5 Å². The number of benzene rings is 1. The van der Waals surface area contributed by atoms with E-state index in [9.17, 15) is 14.4 Å². The van der Waals surface area contributed by atoms with Gasteiger partial charge >= 0.3 is 5.97 Å². The van der Waals surface area contributed by atoms with Crippen molar-refractivity contribution in [1.29, 1.82) is 0 Å². The maximum Gasteiger partial charge on any atom is 0.329 e. The van der Waals surface area contributed by atoms with E-state index in [1.165, 1.54) is 13.0 Å². The van der Waals surface area contributed by atoms with Crippen LogP contribution in [0.5, 0.6) is 0 Å². The van der Waals surface area contributed by atoms with Crippen molar-refractivity contribution in [1.82, 2.24) is 5.32 Å². The zero-order valence-electron chi connectivity index (χ0n) is 13.8. The van der Waals surface area contributed by atoms with Gasteiger partial charge in [-0.25, -0.2) is 4.79 Å². The molecule has 2 amide bonds. The van der Waals surface area contributed by atoms with Crippen LogP contribution in [0, 0.1) is 5.92 Å². The number of hydrogen-bond donors (Lipinski definition) is 2. The van der Waals surface area contributed by atoms with Gasteiger partial charge in [-0.1, -0.05) is 36.0 Å². The lowest BCUT2D eigenvalue weighted by Crippen LogP contribution is -2.46. The molecule has 1 aromatic rings. The molecule has 0 radical (unpaired) electrons. The first-order valence-electron chi connectivity index (χ1n) is 8.05. The predicted molar refractivity (Wildman–Crippen MR) is 95.6 cm³/mol. The Morgan fingerprint density at radius 3 is 2.56 bits per heavy atom. The maximum atomic E-state index is 12.3. The van der Waals surface area contributed by atoms with E-state index in [4.69, 9.17) is 27.9 Å². The number of esters is 1. The third-order valence-corrected chi connectivity index (χ3v) is 4.60. The number of halogens is 2. The highest BCUT2D eigenvalue weighted by atomic mass is 35.5. The summed E-state index contributed by atoms with van der Waals surface area (Å²) in [6.07, 6.45) is 3.73. The third kappa shape index (κ3) is 5.90. The van der Waals surface area contributed by atoms with E-state index in [1.807, 2.05) is 0 Å². The van der Waals surface area contributed by atoms with E-state index in [0.29, 0.717) is 15.7 Å². The minimum atomic E-state index is -0.720. The van der Waals surface area contributed by atoms with Gasteiger partial charge in [0.1, 0.15) is 6.04 Å². The summed E-state index contributed by atoms with van der Waals surface area (Å²) < 4.78 is 5.08. The molecule has 1 atom stereocenters. The van der Waals surface area contributed by atoms with Crippen LogP contribution in [0.15, 0.2) is 18.2 Å². The van der Waals surface area contributed by atoms with Crippen LogP contribution < -0.4 is 10.6 Å². The average Bonchev–Trinajstić information content (AvgIpc) is 3.08. The molecule has 2 N–H and O–H groups in total. The third-order valence-electron chi connectivity index (χ3n) is 4.03. The van der Waals surface area contributed by atoms with Crippen LogP contribution in [0.4, 0.5) is 5.69 Å². The predicted octanol–water partition coefficient (Wildman–Crippen LogP) is 3.17. The number of amides is 2. The van der Waals surface area contributed by atoms with Crippen molar-refractivity contribution >= 4 is 46.7 Å². The Balaban J connectivity index is 1.91. The van der Waals surface area contributed by atoms with Crippen LogP contribution in [0.1, 0.15) is 32.6 Å². The smallest absolute Gasteiger partial charge is 0.329 e. The largest absolute Gasteiger partial charge is 0.454 e. The van der Waals surface area contributed by atoms with Gasteiger partial charge in [0.2, 0.25) is 5.91 Å². The van der Waals surface area contributed by atoms with Gasteiger partial charge in [-0.15, -0.1) is 0 Å². The van der Waals surface area contributed by atoms with Gasteiger partial charge in [0, 0.05) is 11.9 Å². The molecular weight excluding hydrogens is 367 g/mol. The van der Waals surface area contributed by atoms with E-state index in [2.05, 4.69) is 10.6 Å². The Morgan fingerprint density at radius 1 is 1.24 bits per heavy atom. The molecule has 1 unspecified atom stereocenters.